The lowest BCUT2D eigenvalue weighted by Crippen LogP contribution is -2.08. The Morgan fingerprint density at radius 2 is 0.917 bits per heavy atom. The van der Waals surface area contributed by atoms with Crippen LogP contribution in [0.4, 0.5) is 52.7 Å². The Morgan fingerprint density at radius 1 is 0.542 bits per heavy atom. The van der Waals surface area contributed by atoms with Crippen LogP contribution in [0.15, 0.2) is 14.0 Å². The third-order valence-corrected chi connectivity index (χ3v) is 6.05. The summed E-state index contributed by atoms with van der Waals surface area (Å²) in [5.74, 6) is 0. The summed E-state index contributed by atoms with van der Waals surface area (Å²) in [6.45, 7) is 0. The average molecular weight is 452 g/mol. The predicted octanol–water partition coefficient (Wildman–Crippen LogP) is 7.60. The Balaban J connectivity index is 3.58. The molecule has 0 atom stereocenters. The molecule has 0 nitrogen and oxygen atoms in total. The van der Waals surface area contributed by atoms with Gasteiger partial charge >= 0.3 is 22.7 Å². The number of halogens is 12. The van der Waals surface area contributed by atoms with Gasteiger partial charge in [0.1, 0.15) is 4.88 Å². The van der Waals surface area contributed by atoms with E-state index < -0.39 is 88.2 Å². The summed E-state index contributed by atoms with van der Waals surface area (Å²) >= 11 is -5.16. The SMILES string of the molecule is FC(F)(F)Sc1sc(C(F)(F)F)c(SC(F)(F)F)c1SC(F)(F)F. The standard InChI is InChI=1S/C8F12S4/c9-5(10,11)3-1(22-6(12,13)14)2(23-7(15,16)17)4(21-3)24-8(18,19)20. The van der Waals surface area contributed by atoms with E-state index in [0.717, 1.165) is 0 Å². The van der Waals surface area contributed by atoms with Gasteiger partial charge in [-0.15, -0.1) is 11.3 Å². The fourth-order valence-corrected chi connectivity index (χ4v) is 5.29. The first-order valence-electron chi connectivity index (χ1n) is 4.90. The number of thiophene rings is 1. The zero-order chi connectivity index (χ0) is 19.1. The molecule has 0 aliphatic rings. The van der Waals surface area contributed by atoms with E-state index in [4.69, 9.17) is 0 Å². The van der Waals surface area contributed by atoms with Crippen LogP contribution in [0.3, 0.4) is 0 Å². The smallest absolute Gasteiger partial charge is 0.165 e. The maximum Gasteiger partial charge on any atom is 0.447 e. The Bertz CT molecular complexity index is 574. The van der Waals surface area contributed by atoms with Crippen LogP contribution >= 0.6 is 46.6 Å². The van der Waals surface area contributed by atoms with Crippen molar-refractivity contribution < 1.29 is 52.7 Å². The van der Waals surface area contributed by atoms with Gasteiger partial charge in [-0.2, -0.15) is 52.7 Å². The van der Waals surface area contributed by atoms with Crippen molar-refractivity contribution in [3.05, 3.63) is 4.88 Å². The summed E-state index contributed by atoms with van der Waals surface area (Å²) in [4.78, 5) is -5.90. The van der Waals surface area contributed by atoms with Crippen LogP contribution in [0, 0.1) is 0 Å². The number of alkyl halides is 12. The van der Waals surface area contributed by atoms with Crippen LogP contribution in [0.2, 0.25) is 0 Å². The zero-order valence-corrected chi connectivity index (χ0v) is 13.4. The Labute approximate surface area is 141 Å². The van der Waals surface area contributed by atoms with E-state index in [-0.39, 0.29) is 0 Å². The highest BCUT2D eigenvalue weighted by Gasteiger charge is 2.47. The molecule has 0 saturated carbocycles. The van der Waals surface area contributed by atoms with Crippen molar-refractivity contribution in [3.63, 3.8) is 0 Å². The normalized spacial score (nSPS) is 14.3. The first kappa shape index (κ1) is 22.0. The van der Waals surface area contributed by atoms with E-state index in [1.165, 1.54) is 0 Å². The second kappa shape index (κ2) is 6.90. The molecular weight excluding hydrogens is 452 g/mol. The van der Waals surface area contributed by atoms with Crippen LogP contribution in [0.25, 0.3) is 0 Å². The molecule has 0 bridgehead atoms. The molecule has 1 heterocycles. The molecule has 0 aliphatic heterocycles. The molecule has 16 heteroatoms. The van der Waals surface area contributed by atoms with Crippen LogP contribution in [0.5, 0.6) is 0 Å². The van der Waals surface area contributed by atoms with Crippen molar-refractivity contribution in [1.82, 2.24) is 0 Å². The molecule has 0 amide bonds. The highest BCUT2D eigenvalue weighted by atomic mass is 32.2. The minimum absolute atomic E-state index is 0.822. The molecule has 0 aliphatic carbocycles. The van der Waals surface area contributed by atoms with Crippen molar-refractivity contribution >= 4 is 46.6 Å². The number of hydrogen-bond acceptors (Lipinski definition) is 4. The van der Waals surface area contributed by atoms with E-state index in [1.807, 2.05) is 0 Å². The molecule has 1 aromatic rings. The monoisotopic (exact) mass is 452 g/mol. The summed E-state index contributed by atoms with van der Waals surface area (Å²) in [6.07, 6.45) is -5.55. The van der Waals surface area contributed by atoms with Crippen LogP contribution in [0.1, 0.15) is 4.88 Å². The van der Waals surface area contributed by atoms with E-state index >= 15 is 0 Å². The summed E-state index contributed by atoms with van der Waals surface area (Å²) < 4.78 is 148. The van der Waals surface area contributed by atoms with E-state index in [2.05, 4.69) is 0 Å². The van der Waals surface area contributed by atoms with Crippen molar-refractivity contribution in [1.29, 1.82) is 0 Å². The maximum absolute atomic E-state index is 12.7. The average Bonchev–Trinajstić information content (AvgIpc) is 2.51. The minimum Gasteiger partial charge on any atom is -0.165 e. The van der Waals surface area contributed by atoms with Gasteiger partial charge in [0.2, 0.25) is 0 Å². The van der Waals surface area contributed by atoms with E-state index in [1.54, 1.807) is 0 Å². The molecule has 0 fully saturated rings. The van der Waals surface area contributed by atoms with Crippen LogP contribution < -0.4 is 0 Å². The lowest BCUT2D eigenvalue weighted by Gasteiger charge is -2.13. The molecule has 1 aromatic heterocycles. The lowest BCUT2D eigenvalue weighted by molar-refractivity contribution is -0.136. The van der Waals surface area contributed by atoms with Gasteiger partial charge in [-0.05, 0) is 35.3 Å². The molecule has 1 rings (SSSR count). The highest BCUT2D eigenvalue weighted by Crippen LogP contribution is 2.59. The number of thioether (sulfide) groups is 3. The van der Waals surface area contributed by atoms with Gasteiger partial charge in [0.05, 0.1) is 14.0 Å². The third kappa shape index (κ3) is 7.03. The molecule has 0 saturated heterocycles. The first-order valence-corrected chi connectivity index (χ1v) is 8.17. The van der Waals surface area contributed by atoms with Gasteiger partial charge in [-0.25, -0.2) is 0 Å². The Hall–Kier alpha value is -0.0900. The minimum atomic E-state index is -5.55. The third-order valence-electron chi connectivity index (χ3n) is 1.69. The summed E-state index contributed by atoms with van der Waals surface area (Å²) in [5.41, 5.74) is -16.1. The highest BCUT2D eigenvalue weighted by molar-refractivity contribution is 8.05. The van der Waals surface area contributed by atoms with Gasteiger partial charge in [0.25, 0.3) is 0 Å². The molecule has 24 heavy (non-hydrogen) atoms. The Kier molecular flexibility index (Phi) is 6.32. The largest absolute Gasteiger partial charge is 0.447 e. The summed E-state index contributed by atoms with van der Waals surface area (Å²) in [5, 5.41) is 0. The summed E-state index contributed by atoms with van der Waals surface area (Å²) in [7, 11) is 0. The quantitative estimate of drug-likeness (QED) is 0.342. The van der Waals surface area contributed by atoms with Gasteiger partial charge in [0.15, 0.2) is 0 Å². The molecule has 0 aromatic carbocycles. The first-order chi connectivity index (χ1) is 10.4. The Morgan fingerprint density at radius 3 is 1.25 bits per heavy atom. The summed E-state index contributed by atoms with van der Waals surface area (Å²) in [6, 6.07) is 0. The van der Waals surface area contributed by atoms with Crippen molar-refractivity contribution in [2.45, 2.75) is 36.7 Å². The lowest BCUT2D eigenvalue weighted by atomic mass is 10.4. The zero-order valence-electron chi connectivity index (χ0n) is 10.2. The van der Waals surface area contributed by atoms with Crippen molar-refractivity contribution in [2.75, 3.05) is 0 Å². The van der Waals surface area contributed by atoms with Gasteiger partial charge < -0.3 is 0 Å². The van der Waals surface area contributed by atoms with Crippen LogP contribution in [-0.4, -0.2) is 16.5 Å². The van der Waals surface area contributed by atoms with Crippen molar-refractivity contribution in [2.24, 2.45) is 0 Å². The second-order valence-electron chi connectivity index (χ2n) is 3.52. The predicted molar refractivity (Wildman–Crippen MR) is 65.1 cm³/mol. The molecule has 140 valence electrons. The molecule has 0 unspecified atom stereocenters. The molecular formula is C8F12S4. The molecule has 0 radical (unpaired) electrons. The fraction of sp³-hybridized carbons (Fsp3) is 0.500. The topological polar surface area (TPSA) is 0 Å². The maximum atomic E-state index is 12.7. The van der Waals surface area contributed by atoms with Crippen molar-refractivity contribution in [3.8, 4) is 0 Å². The second-order valence-corrected chi connectivity index (χ2v) is 8.02. The fourth-order valence-electron chi connectivity index (χ4n) is 1.15. The van der Waals surface area contributed by atoms with Gasteiger partial charge in [-0.3, -0.25) is 0 Å². The van der Waals surface area contributed by atoms with Gasteiger partial charge in [0, 0.05) is 0 Å². The molecule has 0 N–H and O–H groups in total. The van der Waals surface area contributed by atoms with E-state index in [9.17, 15) is 52.7 Å². The van der Waals surface area contributed by atoms with Crippen LogP contribution in [-0.2, 0) is 6.18 Å². The number of hydrogen-bond donors (Lipinski definition) is 0. The van der Waals surface area contributed by atoms with E-state index in [0.29, 0.717) is 0 Å². The molecule has 0 spiro atoms. The number of rotatable bonds is 3. The van der Waals surface area contributed by atoms with Gasteiger partial charge in [-0.1, -0.05) is 0 Å².